The summed E-state index contributed by atoms with van der Waals surface area (Å²) in [6.45, 7) is 0.525. The van der Waals surface area contributed by atoms with Crippen molar-refractivity contribution in [3.63, 3.8) is 0 Å². The van der Waals surface area contributed by atoms with Crippen molar-refractivity contribution in [2.45, 2.75) is 6.54 Å². The lowest BCUT2D eigenvalue weighted by Gasteiger charge is -2.07. The Morgan fingerprint density at radius 2 is 2.15 bits per heavy atom. The van der Waals surface area contributed by atoms with Gasteiger partial charge in [0, 0.05) is 13.2 Å². The average molecular weight is 272 g/mol. The highest BCUT2D eigenvalue weighted by Gasteiger charge is 2.07. The highest BCUT2D eigenvalue weighted by atomic mass is 15.4. The summed E-state index contributed by atoms with van der Waals surface area (Å²) in [5.41, 5.74) is 6.66. The van der Waals surface area contributed by atoms with Crippen molar-refractivity contribution in [3.05, 3.63) is 30.6 Å². The van der Waals surface area contributed by atoms with Crippen LogP contribution >= 0.6 is 0 Å². The van der Waals surface area contributed by atoms with E-state index in [1.165, 1.54) is 17.3 Å². The number of anilines is 2. The molecule has 0 bridgehead atoms. The predicted molar refractivity (Wildman–Crippen MR) is 69.7 cm³/mol. The number of hydrogen-bond donors (Lipinski definition) is 2. The zero-order chi connectivity index (χ0) is 13.9. The summed E-state index contributed by atoms with van der Waals surface area (Å²) in [6.07, 6.45) is 4.60. The van der Waals surface area contributed by atoms with Gasteiger partial charge in [0.05, 0.1) is 12.2 Å². The Labute approximate surface area is 113 Å². The number of aromatic nitrogens is 8. The quantitative estimate of drug-likeness (QED) is 0.643. The molecule has 102 valence electrons. The van der Waals surface area contributed by atoms with Gasteiger partial charge in [-0.15, -0.1) is 0 Å². The monoisotopic (exact) mass is 272 g/mol. The van der Waals surface area contributed by atoms with Gasteiger partial charge >= 0.3 is 0 Å². The minimum atomic E-state index is 0.109. The fraction of sp³-hybridized carbons (Fsp3) is 0.200. The maximum atomic E-state index is 5.66. The second kappa shape index (κ2) is 4.91. The van der Waals surface area contributed by atoms with Crippen molar-refractivity contribution in [2.24, 2.45) is 7.05 Å². The van der Waals surface area contributed by atoms with Gasteiger partial charge in [0.1, 0.15) is 12.7 Å². The van der Waals surface area contributed by atoms with Crippen LogP contribution in [0.3, 0.4) is 0 Å². The zero-order valence-electron chi connectivity index (χ0n) is 10.7. The lowest BCUT2D eigenvalue weighted by atomic mass is 10.4. The van der Waals surface area contributed by atoms with Crippen LogP contribution in [0.15, 0.2) is 24.9 Å². The topological polar surface area (TPSA) is 125 Å². The van der Waals surface area contributed by atoms with Crippen LogP contribution in [-0.4, -0.2) is 39.5 Å². The van der Waals surface area contributed by atoms with Crippen molar-refractivity contribution in [2.75, 3.05) is 11.1 Å². The van der Waals surface area contributed by atoms with Crippen LogP contribution in [0, 0.1) is 0 Å². The highest BCUT2D eigenvalue weighted by molar-refractivity contribution is 5.35. The molecular formula is C10H12N10. The molecule has 0 aromatic carbocycles. The third-order valence-electron chi connectivity index (χ3n) is 2.61. The first-order valence-electron chi connectivity index (χ1n) is 5.79. The summed E-state index contributed by atoms with van der Waals surface area (Å²) >= 11 is 0. The van der Waals surface area contributed by atoms with E-state index in [1.54, 1.807) is 10.9 Å². The molecule has 0 saturated heterocycles. The molecule has 10 nitrogen and oxygen atoms in total. The van der Waals surface area contributed by atoms with Crippen LogP contribution in [0.5, 0.6) is 0 Å². The zero-order valence-corrected chi connectivity index (χ0v) is 10.7. The van der Waals surface area contributed by atoms with E-state index in [-0.39, 0.29) is 5.95 Å². The van der Waals surface area contributed by atoms with Crippen LogP contribution in [0.2, 0.25) is 0 Å². The Balaban J connectivity index is 1.81. The lowest BCUT2D eigenvalue weighted by molar-refractivity contribution is 0.718. The van der Waals surface area contributed by atoms with Gasteiger partial charge in [-0.3, -0.25) is 4.68 Å². The van der Waals surface area contributed by atoms with Crippen LogP contribution in [0.25, 0.3) is 5.95 Å². The van der Waals surface area contributed by atoms with E-state index in [2.05, 4.69) is 35.5 Å². The summed E-state index contributed by atoms with van der Waals surface area (Å²) in [5, 5.41) is 11.1. The molecule has 0 atom stereocenters. The second-order valence-corrected chi connectivity index (χ2v) is 3.96. The number of aryl methyl sites for hydroxylation is 1. The molecule has 0 aliphatic carbocycles. The molecule has 0 aliphatic heterocycles. The molecule has 0 fully saturated rings. The summed E-state index contributed by atoms with van der Waals surface area (Å²) in [4.78, 5) is 16.1. The number of nitrogens with zero attached hydrogens (tertiary/aromatic N) is 8. The van der Waals surface area contributed by atoms with Gasteiger partial charge in [0.15, 0.2) is 0 Å². The molecule has 0 radical (unpaired) electrons. The molecule has 20 heavy (non-hydrogen) atoms. The smallest absolute Gasteiger partial charge is 0.258 e. The number of nitrogens with one attached hydrogen (secondary N) is 1. The molecule has 3 N–H and O–H groups in total. The number of hydrogen-bond acceptors (Lipinski definition) is 8. The van der Waals surface area contributed by atoms with E-state index >= 15 is 0 Å². The highest BCUT2D eigenvalue weighted by Crippen LogP contribution is 2.07. The van der Waals surface area contributed by atoms with E-state index in [9.17, 15) is 0 Å². The van der Waals surface area contributed by atoms with Crippen LogP contribution in [-0.2, 0) is 13.6 Å². The van der Waals surface area contributed by atoms with E-state index in [0.29, 0.717) is 18.4 Å². The number of rotatable bonds is 4. The van der Waals surface area contributed by atoms with Gasteiger partial charge < -0.3 is 11.1 Å². The predicted octanol–water partition coefficient (Wildman–Crippen LogP) is -0.620. The molecule has 10 heteroatoms. The molecule has 0 unspecified atom stereocenters. The summed E-state index contributed by atoms with van der Waals surface area (Å²) in [7, 11) is 1.86. The summed E-state index contributed by atoms with van der Waals surface area (Å²) < 4.78 is 3.17. The van der Waals surface area contributed by atoms with Crippen molar-refractivity contribution >= 4 is 11.9 Å². The van der Waals surface area contributed by atoms with Crippen molar-refractivity contribution in [1.29, 1.82) is 0 Å². The van der Waals surface area contributed by atoms with Crippen LogP contribution in [0.4, 0.5) is 11.9 Å². The number of nitrogen functional groups attached to an aromatic ring is 1. The van der Waals surface area contributed by atoms with E-state index in [0.717, 1.165) is 5.69 Å². The van der Waals surface area contributed by atoms with Gasteiger partial charge in [-0.25, -0.2) is 4.98 Å². The summed E-state index contributed by atoms with van der Waals surface area (Å²) in [6, 6.07) is 1.90. The number of nitrogens with two attached hydrogens (primary N) is 1. The Morgan fingerprint density at radius 3 is 2.85 bits per heavy atom. The molecule has 0 amide bonds. The van der Waals surface area contributed by atoms with E-state index < -0.39 is 0 Å². The molecule has 3 heterocycles. The first-order chi connectivity index (χ1) is 9.72. The summed E-state index contributed by atoms with van der Waals surface area (Å²) in [5.74, 6) is 0.782. The molecule has 0 aliphatic rings. The van der Waals surface area contributed by atoms with Crippen molar-refractivity contribution in [3.8, 4) is 5.95 Å². The third kappa shape index (κ3) is 2.39. The van der Waals surface area contributed by atoms with E-state index in [1.807, 2.05) is 13.1 Å². The standard InChI is InChI=1S/C10H12N10/c1-19-7(2-3-14-19)4-13-9-16-8(11)17-10(18-9)20-6-12-5-15-20/h2-3,5-6H,4H2,1H3,(H3,11,13,16,17,18). The Hall–Kier alpha value is -3.04. The third-order valence-corrected chi connectivity index (χ3v) is 2.61. The van der Waals surface area contributed by atoms with Crippen LogP contribution < -0.4 is 11.1 Å². The lowest BCUT2D eigenvalue weighted by Crippen LogP contribution is -2.12. The van der Waals surface area contributed by atoms with Gasteiger partial charge in [-0.2, -0.15) is 29.8 Å². The molecule has 3 aromatic rings. The minimum absolute atomic E-state index is 0.109. The molecule has 0 spiro atoms. The molecule has 0 saturated carbocycles. The Bertz CT molecular complexity index is 701. The van der Waals surface area contributed by atoms with Crippen LogP contribution in [0.1, 0.15) is 5.69 Å². The van der Waals surface area contributed by atoms with Gasteiger partial charge in [0.25, 0.3) is 5.95 Å². The first-order valence-corrected chi connectivity index (χ1v) is 5.79. The Kier molecular flexibility index (Phi) is 2.95. The maximum absolute atomic E-state index is 5.66. The normalized spacial score (nSPS) is 10.7. The Morgan fingerprint density at radius 1 is 1.25 bits per heavy atom. The van der Waals surface area contributed by atoms with Gasteiger partial charge in [-0.05, 0) is 6.07 Å². The molecule has 3 aromatic heterocycles. The average Bonchev–Trinajstić information content (AvgIpc) is 3.07. The van der Waals surface area contributed by atoms with Crippen molar-refractivity contribution in [1.82, 2.24) is 39.5 Å². The maximum Gasteiger partial charge on any atom is 0.258 e. The largest absolute Gasteiger partial charge is 0.368 e. The van der Waals surface area contributed by atoms with Gasteiger partial charge in [-0.1, -0.05) is 0 Å². The minimum Gasteiger partial charge on any atom is -0.368 e. The van der Waals surface area contributed by atoms with E-state index in [4.69, 9.17) is 5.73 Å². The second-order valence-electron chi connectivity index (χ2n) is 3.96. The van der Waals surface area contributed by atoms with Crippen molar-refractivity contribution < 1.29 is 0 Å². The fourth-order valence-electron chi connectivity index (χ4n) is 1.62. The molecule has 3 rings (SSSR count). The SMILES string of the molecule is Cn1nccc1CNc1nc(N)nc(-n2cncn2)n1. The van der Waals surface area contributed by atoms with Gasteiger partial charge in [0.2, 0.25) is 11.9 Å². The fourth-order valence-corrected chi connectivity index (χ4v) is 1.62. The molecular weight excluding hydrogens is 260 g/mol. The first kappa shape index (κ1) is 12.0.